The van der Waals surface area contributed by atoms with E-state index in [1.165, 1.54) is 4.90 Å². The topological polar surface area (TPSA) is 145 Å². The van der Waals surface area contributed by atoms with Crippen LogP contribution in [0.15, 0.2) is 41.0 Å². The molecule has 1 aromatic carbocycles. The number of phenolic OH excluding ortho intramolecular Hbond substituents is 1. The summed E-state index contributed by atoms with van der Waals surface area (Å²) in [7, 11) is -1.07. The van der Waals surface area contributed by atoms with Gasteiger partial charge in [-0.05, 0) is 80.1 Å². The van der Waals surface area contributed by atoms with Crippen molar-refractivity contribution in [2.45, 2.75) is 64.3 Å². The van der Waals surface area contributed by atoms with E-state index in [0.29, 0.717) is 38.5 Å². The van der Waals surface area contributed by atoms with Gasteiger partial charge in [-0.25, -0.2) is 0 Å². The number of carbonyl (C=O) groups is 3. The van der Waals surface area contributed by atoms with E-state index in [-0.39, 0.29) is 49.4 Å². The lowest BCUT2D eigenvalue weighted by atomic mass is 9.58. The van der Waals surface area contributed by atoms with Crippen LogP contribution in [-0.2, 0) is 19.0 Å². The van der Waals surface area contributed by atoms with E-state index in [1.54, 1.807) is 12.1 Å². The Hall–Kier alpha value is -2.95. The summed E-state index contributed by atoms with van der Waals surface area (Å²) in [6.07, 6.45) is 4.97. The van der Waals surface area contributed by atoms with Crippen molar-refractivity contribution in [2.24, 2.45) is 17.8 Å². The van der Waals surface area contributed by atoms with Gasteiger partial charge in [0.05, 0.1) is 24.5 Å². The molecular formula is C28H36BNO8. The summed E-state index contributed by atoms with van der Waals surface area (Å²) >= 11 is 0. The van der Waals surface area contributed by atoms with Crippen LogP contribution in [0.1, 0.15) is 57.4 Å². The number of hydrogen-bond acceptors (Lipinski definition) is 7. The van der Waals surface area contributed by atoms with Gasteiger partial charge in [0.1, 0.15) is 5.75 Å². The minimum atomic E-state index is -1.07. The van der Waals surface area contributed by atoms with Crippen molar-refractivity contribution in [1.82, 2.24) is 4.90 Å². The normalized spacial score (nSPS) is 25.6. The van der Waals surface area contributed by atoms with Crippen molar-refractivity contribution in [3.8, 4) is 5.75 Å². The second kappa shape index (κ2) is 12.3. The average Bonchev–Trinajstić information content (AvgIpc) is 3.12. The molecule has 0 bridgehead atoms. The third-order valence-corrected chi connectivity index (χ3v) is 7.97. The second-order valence-corrected chi connectivity index (χ2v) is 10.6. The van der Waals surface area contributed by atoms with Gasteiger partial charge in [0.25, 0.3) is 0 Å². The summed E-state index contributed by atoms with van der Waals surface area (Å²) in [5.74, 6) is -2.66. The summed E-state index contributed by atoms with van der Waals surface area (Å²) in [4.78, 5) is 38.7. The number of likely N-dealkylation sites (tertiary alicyclic amines) is 1. The van der Waals surface area contributed by atoms with E-state index >= 15 is 0 Å². The van der Waals surface area contributed by atoms with E-state index in [9.17, 15) is 29.6 Å². The smallest absolute Gasteiger partial charge is 0.455 e. The number of unbranched alkanes of at least 4 members (excludes halogenated alkanes) is 2. The Labute approximate surface area is 222 Å². The molecule has 2 amide bonds. The Kier molecular flexibility index (Phi) is 9.07. The molecule has 4 rings (SSSR count). The number of aromatic hydroxyl groups is 1. The van der Waals surface area contributed by atoms with Crippen LogP contribution in [0.2, 0.25) is 6.32 Å². The molecule has 0 radical (unpaired) electrons. The van der Waals surface area contributed by atoms with Gasteiger partial charge in [-0.1, -0.05) is 30.2 Å². The van der Waals surface area contributed by atoms with E-state index in [1.807, 2.05) is 25.1 Å². The average molecular weight is 525 g/mol. The molecule has 0 unspecified atom stereocenters. The lowest BCUT2D eigenvalue weighted by Crippen LogP contribution is -2.46. The third-order valence-electron chi connectivity index (χ3n) is 7.97. The Morgan fingerprint density at radius 1 is 1.11 bits per heavy atom. The molecule has 0 saturated carbocycles. The van der Waals surface area contributed by atoms with E-state index in [4.69, 9.17) is 9.76 Å². The SMILES string of the molecule is C/C(=C\c1ccc(O)cc1)CC[C@H]1OB(O)C[C@H]2C1=C(CO)C[C@H]1C(=O)N(CCCCCC(=O)O)C(=O)[C@H]12. The molecule has 204 valence electrons. The van der Waals surface area contributed by atoms with Crippen molar-refractivity contribution in [3.05, 3.63) is 46.5 Å². The summed E-state index contributed by atoms with van der Waals surface area (Å²) < 4.78 is 5.92. The highest BCUT2D eigenvalue weighted by Gasteiger charge is 2.57. The summed E-state index contributed by atoms with van der Waals surface area (Å²) in [5, 5.41) is 39.1. The number of carboxylic acids is 1. The number of fused-ring (bicyclic) bond motifs is 3. The predicted octanol–water partition coefficient (Wildman–Crippen LogP) is 3.01. The van der Waals surface area contributed by atoms with Gasteiger partial charge in [-0.15, -0.1) is 0 Å². The first kappa shape index (κ1) is 28.1. The summed E-state index contributed by atoms with van der Waals surface area (Å²) in [6, 6.07) is 6.90. The molecular weight excluding hydrogens is 489 g/mol. The maximum atomic E-state index is 13.5. The molecule has 0 spiro atoms. The lowest BCUT2D eigenvalue weighted by molar-refractivity contribution is -0.141. The zero-order valence-corrected chi connectivity index (χ0v) is 21.7. The Bertz CT molecular complexity index is 1110. The van der Waals surface area contributed by atoms with Crippen molar-refractivity contribution in [1.29, 1.82) is 0 Å². The molecule has 3 aliphatic rings. The quantitative estimate of drug-likeness (QED) is 0.149. The molecule has 1 aliphatic carbocycles. The molecule has 2 saturated heterocycles. The maximum Gasteiger partial charge on any atom is 0.455 e. The number of carbonyl (C=O) groups excluding carboxylic acids is 2. The predicted molar refractivity (Wildman–Crippen MR) is 141 cm³/mol. The van der Waals surface area contributed by atoms with Crippen LogP contribution in [0.25, 0.3) is 6.08 Å². The number of nitrogens with zero attached hydrogens (tertiary/aromatic N) is 1. The van der Waals surface area contributed by atoms with E-state index < -0.39 is 31.0 Å². The minimum absolute atomic E-state index is 0.0608. The molecule has 2 fully saturated rings. The first-order valence-electron chi connectivity index (χ1n) is 13.4. The highest BCUT2D eigenvalue weighted by atomic mass is 16.5. The van der Waals surface area contributed by atoms with E-state index in [0.717, 1.165) is 22.3 Å². The van der Waals surface area contributed by atoms with Crippen molar-refractivity contribution in [3.63, 3.8) is 0 Å². The fourth-order valence-corrected chi connectivity index (χ4v) is 6.20. The molecule has 10 heteroatoms. The monoisotopic (exact) mass is 525 g/mol. The zero-order chi connectivity index (χ0) is 27.4. The number of aliphatic hydroxyl groups excluding tert-OH is 1. The van der Waals surface area contributed by atoms with E-state index in [2.05, 4.69) is 0 Å². The highest BCUT2D eigenvalue weighted by molar-refractivity contribution is 6.43. The van der Waals surface area contributed by atoms with Crippen LogP contribution < -0.4 is 0 Å². The molecule has 4 N–H and O–H groups in total. The fourth-order valence-electron chi connectivity index (χ4n) is 6.20. The number of amides is 2. The number of allylic oxidation sites excluding steroid dienone is 1. The molecule has 0 aromatic heterocycles. The van der Waals surface area contributed by atoms with Gasteiger partial charge < -0.3 is 25.0 Å². The molecule has 2 heterocycles. The lowest BCUT2D eigenvalue weighted by Gasteiger charge is -2.42. The number of hydrogen-bond donors (Lipinski definition) is 4. The third kappa shape index (κ3) is 6.19. The van der Waals surface area contributed by atoms with Gasteiger partial charge in [0.2, 0.25) is 11.8 Å². The second-order valence-electron chi connectivity index (χ2n) is 10.6. The van der Waals surface area contributed by atoms with Crippen molar-refractivity contribution < 1.29 is 39.4 Å². The number of rotatable bonds is 11. The van der Waals surface area contributed by atoms with Crippen molar-refractivity contribution >= 4 is 31.0 Å². The zero-order valence-electron chi connectivity index (χ0n) is 21.7. The number of imide groups is 1. The molecule has 9 nitrogen and oxygen atoms in total. The summed E-state index contributed by atoms with van der Waals surface area (Å²) in [6.45, 7) is 2.02. The number of aliphatic hydroxyl groups is 1. The van der Waals surface area contributed by atoms with Crippen LogP contribution >= 0.6 is 0 Å². The Morgan fingerprint density at radius 2 is 1.84 bits per heavy atom. The van der Waals surface area contributed by atoms with Crippen LogP contribution in [0.3, 0.4) is 0 Å². The fraction of sp³-hybridized carbons (Fsp3) is 0.536. The molecule has 4 atom stereocenters. The van der Waals surface area contributed by atoms with Gasteiger partial charge in [0, 0.05) is 13.0 Å². The standard InChI is InChI=1S/C28H36BNO8/c1-17(13-18-7-9-20(32)10-8-18)6-11-23-25-19(16-31)14-21-26(22(25)15-29(37)38-23)28(36)30(27(21)35)12-4-2-3-5-24(33)34/h7-10,13,21-23,26,31-32,37H,2-6,11-12,14-16H2,1H3,(H,33,34)/b17-13+/t21-,22+,23-,26-/m1/s1. The van der Waals surface area contributed by atoms with Gasteiger partial charge >= 0.3 is 13.1 Å². The molecule has 38 heavy (non-hydrogen) atoms. The minimum Gasteiger partial charge on any atom is -0.508 e. The van der Waals surface area contributed by atoms with Crippen LogP contribution in [-0.4, -0.2) is 69.4 Å². The Morgan fingerprint density at radius 3 is 2.53 bits per heavy atom. The number of phenols is 1. The van der Waals surface area contributed by atoms with Gasteiger partial charge in [-0.2, -0.15) is 0 Å². The number of benzene rings is 1. The highest BCUT2D eigenvalue weighted by Crippen LogP contribution is 2.50. The van der Waals surface area contributed by atoms with Crippen LogP contribution in [0, 0.1) is 17.8 Å². The Balaban J connectivity index is 1.47. The molecule has 1 aromatic rings. The largest absolute Gasteiger partial charge is 0.508 e. The van der Waals surface area contributed by atoms with Crippen LogP contribution in [0.5, 0.6) is 5.75 Å². The van der Waals surface area contributed by atoms with Crippen molar-refractivity contribution in [2.75, 3.05) is 13.2 Å². The first-order chi connectivity index (χ1) is 18.2. The number of aliphatic carboxylic acids is 1. The summed E-state index contributed by atoms with van der Waals surface area (Å²) in [5.41, 5.74) is 3.60. The maximum absolute atomic E-state index is 13.5. The first-order valence-corrected chi connectivity index (χ1v) is 13.4. The van der Waals surface area contributed by atoms with Gasteiger partial charge in [-0.3, -0.25) is 19.3 Å². The molecule has 2 aliphatic heterocycles. The van der Waals surface area contributed by atoms with Crippen LogP contribution in [0.4, 0.5) is 0 Å². The number of carboxylic acid groups (broad SMARTS) is 1. The van der Waals surface area contributed by atoms with Gasteiger partial charge in [0.15, 0.2) is 0 Å².